The first-order valence-corrected chi connectivity index (χ1v) is 9.23. The summed E-state index contributed by atoms with van der Waals surface area (Å²) in [6.07, 6.45) is 7.72. The van der Waals surface area contributed by atoms with Gasteiger partial charge in [0.2, 0.25) is 0 Å². The summed E-state index contributed by atoms with van der Waals surface area (Å²) in [5.74, 6) is 6.48. The Morgan fingerprint density at radius 2 is 2.20 bits per heavy atom. The van der Waals surface area contributed by atoms with Gasteiger partial charge in [-0.05, 0) is 53.1 Å². The highest BCUT2D eigenvalue weighted by atomic mass is 79.9. The minimum absolute atomic E-state index is 0.188. The fourth-order valence-corrected chi connectivity index (χ4v) is 4.75. The van der Waals surface area contributed by atoms with Gasteiger partial charge in [-0.25, -0.2) is 0 Å². The van der Waals surface area contributed by atoms with Gasteiger partial charge in [-0.1, -0.05) is 19.3 Å². The molecule has 0 bridgehead atoms. The summed E-state index contributed by atoms with van der Waals surface area (Å²) in [6, 6.07) is 2.29. The van der Waals surface area contributed by atoms with Crippen molar-refractivity contribution >= 4 is 27.3 Å². The fourth-order valence-electron chi connectivity index (χ4n) is 3.18. The number of hydrazine groups is 1. The highest BCUT2D eigenvalue weighted by Crippen LogP contribution is 2.32. The van der Waals surface area contributed by atoms with Crippen molar-refractivity contribution in [2.75, 3.05) is 6.61 Å². The molecule has 3 N–H and O–H groups in total. The Balaban J connectivity index is 2.05. The second-order valence-corrected chi connectivity index (χ2v) is 7.34. The third kappa shape index (κ3) is 4.28. The van der Waals surface area contributed by atoms with Crippen molar-refractivity contribution < 1.29 is 4.74 Å². The smallest absolute Gasteiger partial charge is 0.0772 e. The average molecular weight is 361 g/mol. The van der Waals surface area contributed by atoms with Crippen LogP contribution in [-0.2, 0) is 11.2 Å². The lowest BCUT2D eigenvalue weighted by molar-refractivity contribution is -0.0173. The Kier molecular flexibility index (Phi) is 6.97. The van der Waals surface area contributed by atoms with Gasteiger partial charge in [0.15, 0.2) is 0 Å². The SMILES string of the molecule is CCOC(C1CCCCC1)C(Cc1sccc1Br)NN. The van der Waals surface area contributed by atoms with Crippen LogP contribution in [0.5, 0.6) is 0 Å². The zero-order valence-electron chi connectivity index (χ0n) is 12.1. The minimum Gasteiger partial charge on any atom is -0.377 e. The maximum atomic E-state index is 6.07. The second-order valence-electron chi connectivity index (χ2n) is 5.49. The lowest BCUT2D eigenvalue weighted by Gasteiger charge is -2.35. The van der Waals surface area contributed by atoms with Crippen molar-refractivity contribution in [1.29, 1.82) is 0 Å². The summed E-state index contributed by atoms with van der Waals surface area (Å²) in [4.78, 5) is 1.34. The molecule has 1 fully saturated rings. The standard InChI is InChI=1S/C15H25BrN2OS/c1-2-19-15(11-6-4-3-5-7-11)13(18-17)10-14-12(16)8-9-20-14/h8-9,11,13,15,18H,2-7,10,17H2,1H3. The van der Waals surface area contributed by atoms with Gasteiger partial charge < -0.3 is 4.74 Å². The van der Waals surface area contributed by atoms with E-state index in [1.807, 2.05) is 0 Å². The van der Waals surface area contributed by atoms with Gasteiger partial charge in [0, 0.05) is 22.4 Å². The summed E-state index contributed by atoms with van der Waals surface area (Å²) in [5.41, 5.74) is 3.01. The van der Waals surface area contributed by atoms with Crippen LogP contribution >= 0.6 is 27.3 Å². The zero-order chi connectivity index (χ0) is 14.4. The van der Waals surface area contributed by atoms with Crippen molar-refractivity contribution in [3.8, 4) is 0 Å². The molecule has 1 aromatic rings. The Morgan fingerprint density at radius 1 is 1.45 bits per heavy atom. The van der Waals surface area contributed by atoms with E-state index in [2.05, 4.69) is 39.7 Å². The van der Waals surface area contributed by atoms with Crippen LogP contribution in [0.3, 0.4) is 0 Å². The Labute approximate surface area is 134 Å². The molecule has 0 aromatic carbocycles. The van der Waals surface area contributed by atoms with E-state index in [4.69, 9.17) is 10.6 Å². The normalized spacial score (nSPS) is 19.9. The van der Waals surface area contributed by atoms with Crippen molar-refractivity contribution in [1.82, 2.24) is 5.43 Å². The number of thiophene rings is 1. The predicted molar refractivity (Wildman–Crippen MR) is 88.8 cm³/mol. The number of nitrogens with two attached hydrogens (primary N) is 1. The van der Waals surface area contributed by atoms with Crippen molar-refractivity contribution in [3.05, 3.63) is 20.8 Å². The van der Waals surface area contributed by atoms with Crippen LogP contribution in [0, 0.1) is 5.92 Å². The average Bonchev–Trinajstić information content (AvgIpc) is 2.89. The van der Waals surface area contributed by atoms with E-state index in [-0.39, 0.29) is 12.1 Å². The number of hydrogen-bond acceptors (Lipinski definition) is 4. The van der Waals surface area contributed by atoms with Gasteiger partial charge in [-0.2, -0.15) is 0 Å². The molecular weight excluding hydrogens is 336 g/mol. The molecule has 0 aliphatic heterocycles. The molecule has 2 unspecified atom stereocenters. The molecule has 1 saturated carbocycles. The van der Waals surface area contributed by atoms with Crippen LogP contribution in [0.2, 0.25) is 0 Å². The Bertz CT molecular complexity index is 393. The topological polar surface area (TPSA) is 47.3 Å². The van der Waals surface area contributed by atoms with Crippen molar-refractivity contribution in [2.45, 2.75) is 57.6 Å². The molecule has 1 heterocycles. The van der Waals surface area contributed by atoms with Gasteiger partial charge >= 0.3 is 0 Å². The van der Waals surface area contributed by atoms with Gasteiger partial charge in [0.05, 0.1) is 12.1 Å². The summed E-state index contributed by atoms with van der Waals surface area (Å²) in [5, 5.41) is 2.11. The molecule has 0 radical (unpaired) electrons. The van der Waals surface area contributed by atoms with E-state index in [1.54, 1.807) is 11.3 Å². The van der Waals surface area contributed by atoms with E-state index in [1.165, 1.54) is 41.5 Å². The highest BCUT2D eigenvalue weighted by molar-refractivity contribution is 9.10. The van der Waals surface area contributed by atoms with Crippen LogP contribution in [0.25, 0.3) is 0 Å². The fraction of sp³-hybridized carbons (Fsp3) is 0.733. The molecule has 2 atom stereocenters. The molecule has 3 nitrogen and oxygen atoms in total. The summed E-state index contributed by atoms with van der Waals surface area (Å²) >= 11 is 5.39. The predicted octanol–water partition coefficient (Wildman–Crippen LogP) is 3.87. The van der Waals surface area contributed by atoms with Crippen LogP contribution in [0.1, 0.15) is 43.9 Å². The third-order valence-electron chi connectivity index (χ3n) is 4.18. The van der Waals surface area contributed by atoms with Crippen molar-refractivity contribution in [2.24, 2.45) is 11.8 Å². The highest BCUT2D eigenvalue weighted by Gasteiger charge is 2.31. The van der Waals surface area contributed by atoms with Gasteiger partial charge in [0.25, 0.3) is 0 Å². The molecule has 2 rings (SSSR count). The first kappa shape index (κ1) is 16.4. The van der Waals surface area contributed by atoms with E-state index in [0.717, 1.165) is 13.0 Å². The molecule has 1 aliphatic rings. The summed E-state index contributed by atoms with van der Waals surface area (Å²) in [7, 11) is 0. The van der Waals surface area contributed by atoms with E-state index in [9.17, 15) is 0 Å². The van der Waals surface area contributed by atoms with Crippen LogP contribution < -0.4 is 11.3 Å². The Hall–Kier alpha value is 0.0600. The maximum absolute atomic E-state index is 6.07. The number of halogens is 1. The Morgan fingerprint density at radius 3 is 2.75 bits per heavy atom. The second kappa shape index (κ2) is 8.49. The van der Waals surface area contributed by atoms with Crippen LogP contribution in [-0.4, -0.2) is 18.8 Å². The molecule has 114 valence electrons. The molecule has 0 spiro atoms. The molecule has 1 aliphatic carbocycles. The number of hydrogen-bond donors (Lipinski definition) is 2. The molecular formula is C15H25BrN2OS. The molecule has 5 heteroatoms. The molecule has 20 heavy (non-hydrogen) atoms. The molecule has 0 amide bonds. The maximum Gasteiger partial charge on any atom is 0.0772 e. The van der Waals surface area contributed by atoms with Crippen molar-refractivity contribution in [3.63, 3.8) is 0 Å². The quantitative estimate of drug-likeness (QED) is 0.573. The largest absolute Gasteiger partial charge is 0.377 e. The minimum atomic E-state index is 0.188. The zero-order valence-corrected chi connectivity index (χ0v) is 14.5. The number of rotatable bonds is 7. The monoisotopic (exact) mass is 360 g/mol. The first-order valence-electron chi connectivity index (χ1n) is 7.55. The van der Waals surface area contributed by atoms with E-state index < -0.39 is 0 Å². The van der Waals surface area contributed by atoms with E-state index in [0.29, 0.717) is 5.92 Å². The van der Waals surface area contributed by atoms with Gasteiger partial charge in [0.1, 0.15) is 0 Å². The lowest BCUT2D eigenvalue weighted by Crippen LogP contribution is -2.50. The summed E-state index contributed by atoms with van der Waals surface area (Å²) < 4.78 is 7.25. The molecule has 0 saturated heterocycles. The first-order chi connectivity index (χ1) is 9.76. The van der Waals surface area contributed by atoms with Gasteiger partial charge in [-0.15, -0.1) is 11.3 Å². The molecule has 1 aromatic heterocycles. The van der Waals surface area contributed by atoms with Gasteiger partial charge in [-0.3, -0.25) is 11.3 Å². The third-order valence-corrected chi connectivity index (χ3v) is 6.13. The number of nitrogens with one attached hydrogen (secondary N) is 1. The van der Waals surface area contributed by atoms with Crippen LogP contribution in [0.4, 0.5) is 0 Å². The van der Waals surface area contributed by atoms with E-state index >= 15 is 0 Å². The van der Waals surface area contributed by atoms with Crippen LogP contribution in [0.15, 0.2) is 15.9 Å². The summed E-state index contributed by atoms with van der Waals surface area (Å²) in [6.45, 7) is 2.83. The number of ether oxygens (including phenoxy) is 1. The lowest BCUT2D eigenvalue weighted by atomic mass is 9.82.